The fourth-order valence-corrected chi connectivity index (χ4v) is 3.31. The van der Waals surface area contributed by atoms with E-state index in [9.17, 15) is 0 Å². The van der Waals surface area contributed by atoms with Gasteiger partial charge in [-0.2, -0.15) is 0 Å². The molecule has 22 heavy (non-hydrogen) atoms. The van der Waals surface area contributed by atoms with Crippen molar-refractivity contribution in [3.63, 3.8) is 0 Å². The van der Waals surface area contributed by atoms with E-state index in [1.54, 1.807) is 0 Å². The van der Waals surface area contributed by atoms with Gasteiger partial charge in [-0.15, -0.1) is 0 Å². The van der Waals surface area contributed by atoms with Crippen molar-refractivity contribution in [3.05, 3.63) is 65.4 Å². The van der Waals surface area contributed by atoms with Crippen molar-refractivity contribution in [1.29, 1.82) is 0 Å². The minimum atomic E-state index is 0.851. The first kappa shape index (κ1) is 13.4. The van der Waals surface area contributed by atoms with E-state index in [0.717, 1.165) is 26.1 Å². The third-order valence-electron chi connectivity index (χ3n) is 4.53. The Morgan fingerprint density at radius 3 is 2.82 bits per heavy atom. The Bertz CT molecular complexity index is 789. The molecule has 0 unspecified atom stereocenters. The molecule has 1 aliphatic rings. The van der Waals surface area contributed by atoms with E-state index in [2.05, 4.69) is 70.8 Å². The van der Waals surface area contributed by atoms with Gasteiger partial charge in [-0.25, -0.2) is 0 Å². The van der Waals surface area contributed by atoms with Gasteiger partial charge in [-0.05, 0) is 24.2 Å². The second-order valence-corrected chi connectivity index (χ2v) is 6.14. The van der Waals surface area contributed by atoms with E-state index < -0.39 is 0 Å². The highest BCUT2D eigenvalue weighted by Crippen LogP contribution is 2.31. The number of nitrogens with one attached hydrogen (secondary N) is 2. The second kappa shape index (κ2) is 5.50. The van der Waals surface area contributed by atoms with Crippen LogP contribution in [0.5, 0.6) is 0 Å². The number of aromatic nitrogens is 1. The maximum absolute atomic E-state index is 3.65. The third kappa shape index (κ3) is 2.38. The summed E-state index contributed by atoms with van der Waals surface area (Å²) in [5.74, 6) is 0. The van der Waals surface area contributed by atoms with Gasteiger partial charge in [0.25, 0.3) is 0 Å². The standard InChI is InChI=1S/C19H21N3/c1-22-11-10-17-16(13-22)15-8-5-9-18(19(15)21-17)20-12-14-6-3-2-4-7-14/h2-9,20-21H,10-13H2,1H3. The molecule has 3 heteroatoms. The number of hydrogen-bond acceptors (Lipinski definition) is 2. The van der Waals surface area contributed by atoms with E-state index in [1.807, 2.05) is 0 Å². The maximum atomic E-state index is 3.65. The minimum Gasteiger partial charge on any atom is -0.379 e. The van der Waals surface area contributed by atoms with Gasteiger partial charge in [0.2, 0.25) is 0 Å². The van der Waals surface area contributed by atoms with Crippen LogP contribution in [0.4, 0.5) is 5.69 Å². The normalized spacial score (nSPS) is 15.0. The molecule has 2 N–H and O–H groups in total. The second-order valence-electron chi connectivity index (χ2n) is 6.14. The zero-order valence-corrected chi connectivity index (χ0v) is 12.9. The Balaban J connectivity index is 1.67. The number of hydrogen-bond donors (Lipinski definition) is 2. The van der Waals surface area contributed by atoms with Crippen molar-refractivity contribution in [2.24, 2.45) is 0 Å². The molecule has 2 aromatic carbocycles. The lowest BCUT2D eigenvalue weighted by atomic mass is 10.0. The summed E-state index contributed by atoms with van der Waals surface area (Å²) < 4.78 is 0. The molecule has 0 bridgehead atoms. The lowest BCUT2D eigenvalue weighted by Gasteiger charge is -2.22. The fourth-order valence-electron chi connectivity index (χ4n) is 3.31. The Morgan fingerprint density at radius 2 is 1.95 bits per heavy atom. The number of anilines is 1. The molecule has 4 rings (SSSR count). The molecule has 1 aliphatic heterocycles. The quantitative estimate of drug-likeness (QED) is 0.769. The first-order chi connectivity index (χ1) is 10.8. The van der Waals surface area contributed by atoms with Crippen LogP contribution in [-0.2, 0) is 19.5 Å². The smallest absolute Gasteiger partial charge is 0.0695 e. The highest BCUT2D eigenvalue weighted by atomic mass is 15.1. The molecule has 0 aliphatic carbocycles. The minimum absolute atomic E-state index is 0.851. The van der Waals surface area contributed by atoms with Crippen LogP contribution in [0, 0.1) is 0 Å². The third-order valence-corrected chi connectivity index (χ3v) is 4.53. The number of fused-ring (bicyclic) bond motifs is 3. The highest BCUT2D eigenvalue weighted by Gasteiger charge is 2.19. The average molecular weight is 291 g/mol. The van der Waals surface area contributed by atoms with Gasteiger partial charge in [-0.3, -0.25) is 0 Å². The Hall–Kier alpha value is -2.26. The maximum Gasteiger partial charge on any atom is 0.0695 e. The SMILES string of the molecule is CN1CCc2[nH]c3c(NCc4ccccc4)cccc3c2C1. The molecule has 0 saturated carbocycles. The fraction of sp³-hybridized carbons (Fsp3) is 0.263. The number of nitrogens with zero attached hydrogens (tertiary/aromatic N) is 1. The van der Waals surface area contributed by atoms with Crippen LogP contribution in [0.2, 0.25) is 0 Å². The molecule has 3 nitrogen and oxygen atoms in total. The Kier molecular flexibility index (Phi) is 3.35. The van der Waals surface area contributed by atoms with E-state index >= 15 is 0 Å². The van der Waals surface area contributed by atoms with Gasteiger partial charge in [0.1, 0.15) is 0 Å². The highest BCUT2D eigenvalue weighted by molar-refractivity contribution is 5.94. The number of H-pyrrole nitrogens is 1. The van der Waals surface area contributed by atoms with Gasteiger partial charge in [0, 0.05) is 37.1 Å². The molecule has 0 fully saturated rings. The predicted octanol–water partition coefficient (Wildman–Crippen LogP) is 3.77. The van der Waals surface area contributed by atoms with E-state index in [-0.39, 0.29) is 0 Å². The summed E-state index contributed by atoms with van der Waals surface area (Å²) in [6.45, 7) is 3.02. The molecular formula is C19H21N3. The zero-order chi connectivity index (χ0) is 14.9. The van der Waals surface area contributed by atoms with Crippen molar-refractivity contribution in [2.45, 2.75) is 19.5 Å². The van der Waals surface area contributed by atoms with Crippen LogP contribution in [0.25, 0.3) is 10.9 Å². The molecule has 1 aromatic heterocycles. The van der Waals surface area contributed by atoms with E-state index in [4.69, 9.17) is 0 Å². The van der Waals surface area contributed by atoms with Crippen LogP contribution in [0.3, 0.4) is 0 Å². The van der Waals surface area contributed by atoms with Gasteiger partial charge < -0.3 is 15.2 Å². The lowest BCUT2D eigenvalue weighted by molar-refractivity contribution is 0.313. The summed E-state index contributed by atoms with van der Waals surface area (Å²) in [4.78, 5) is 6.04. The summed E-state index contributed by atoms with van der Waals surface area (Å²) in [6, 6.07) is 17.1. The molecule has 0 radical (unpaired) electrons. The van der Waals surface area contributed by atoms with Gasteiger partial charge >= 0.3 is 0 Å². The summed E-state index contributed by atoms with van der Waals surface area (Å²) >= 11 is 0. The van der Waals surface area contributed by atoms with Crippen molar-refractivity contribution in [3.8, 4) is 0 Å². The number of rotatable bonds is 3. The zero-order valence-electron chi connectivity index (χ0n) is 12.9. The lowest BCUT2D eigenvalue weighted by Crippen LogP contribution is -2.25. The Morgan fingerprint density at radius 1 is 1.09 bits per heavy atom. The summed E-state index contributed by atoms with van der Waals surface area (Å²) in [6.07, 6.45) is 1.11. The van der Waals surface area contributed by atoms with Gasteiger partial charge in [-0.1, -0.05) is 42.5 Å². The largest absolute Gasteiger partial charge is 0.379 e. The average Bonchev–Trinajstić information content (AvgIpc) is 2.92. The van der Waals surface area contributed by atoms with Crippen LogP contribution < -0.4 is 5.32 Å². The monoisotopic (exact) mass is 291 g/mol. The van der Waals surface area contributed by atoms with Crippen LogP contribution in [-0.4, -0.2) is 23.5 Å². The van der Waals surface area contributed by atoms with E-state index in [0.29, 0.717) is 0 Å². The van der Waals surface area contributed by atoms with Gasteiger partial charge in [0.05, 0.1) is 11.2 Å². The predicted molar refractivity (Wildman–Crippen MR) is 92.1 cm³/mol. The van der Waals surface area contributed by atoms with E-state index in [1.165, 1.54) is 33.4 Å². The first-order valence-electron chi connectivity index (χ1n) is 7.90. The number of likely N-dealkylation sites (N-methyl/N-ethyl adjacent to an activating group) is 1. The van der Waals surface area contributed by atoms with Crippen molar-refractivity contribution in [1.82, 2.24) is 9.88 Å². The van der Waals surface area contributed by atoms with Gasteiger partial charge in [0.15, 0.2) is 0 Å². The topological polar surface area (TPSA) is 31.1 Å². The number of para-hydroxylation sites is 1. The summed E-state index contributed by atoms with van der Waals surface area (Å²) in [7, 11) is 2.19. The van der Waals surface area contributed by atoms with Crippen molar-refractivity contribution < 1.29 is 0 Å². The Labute approximate surface area is 131 Å². The molecule has 0 amide bonds. The first-order valence-corrected chi connectivity index (χ1v) is 7.90. The van der Waals surface area contributed by atoms with Crippen molar-refractivity contribution >= 4 is 16.6 Å². The molecule has 0 spiro atoms. The molecule has 0 atom stereocenters. The summed E-state index contributed by atoms with van der Waals surface area (Å²) in [5.41, 5.74) is 6.61. The molecule has 0 saturated heterocycles. The molecule has 2 heterocycles. The molecule has 3 aromatic rings. The molecular weight excluding hydrogens is 270 g/mol. The molecule has 112 valence electrons. The van der Waals surface area contributed by atoms with Crippen LogP contribution >= 0.6 is 0 Å². The number of benzene rings is 2. The van der Waals surface area contributed by atoms with Crippen LogP contribution in [0.15, 0.2) is 48.5 Å². The summed E-state index contributed by atoms with van der Waals surface area (Å²) in [5, 5.41) is 4.94. The number of aromatic amines is 1. The van der Waals surface area contributed by atoms with Crippen molar-refractivity contribution in [2.75, 3.05) is 18.9 Å². The van der Waals surface area contributed by atoms with Crippen LogP contribution in [0.1, 0.15) is 16.8 Å².